The number of aryl methyl sites for hydroxylation is 1. The summed E-state index contributed by atoms with van der Waals surface area (Å²) >= 11 is 0. The zero-order chi connectivity index (χ0) is 13.8. The average Bonchev–Trinajstić information content (AvgIpc) is 2.76. The van der Waals surface area contributed by atoms with Gasteiger partial charge in [0.2, 0.25) is 0 Å². The summed E-state index contributed by atoms with van der Waals surface area (Å²) in [5.41, 5.74) is 7.59. The van der Waals surface area contributed by atoms with E-state index in [-0.39, 0.29) is 6.10 Å². The van der Waals surface area contributed by atoms with E-state index in [2.05, 4.69) is 10.3 Å². The molecule has 0 atom stereocenters. The summed E-state index contributed by atoms with van der Waals surface area (Å²) in [5, 5.41) is 3.28. The van der Waals surface area contributed by atoms with Gasteiger partial charge in [-0.3, -0.25) is 0 Å². The van der Waals surface area contributed by atoms with Crippen molar-refractivity contribution in [3.8, 4) is 5.75 Å². The molecule has 102 valence electrons. The minimum atomic E-state index is 0.104. The third kappa shape index (κ3) is 3.19. The van der Waals surface area contributed by atoms with Gasteiger partial charge in [-0.1, -0.05) is 6.07 Å². The molecule has 0 bridgehead atoms. The molecule has 0 aliphatic rings. The molecule has 0 spiro atoms. The summed E-state index contributed by atoms with van der Waals surface area (Å²) in [4.78, 5) is 4.26. The Bertz CT molecular complexity index is 548. The Hall–Kier alpha value is -2.17. The molecule has 0 aliphatic carbocycles. The van der Waals surface area contributed by atoms with E-state index in [1.54, 1.807) is 6.20 Å². The predicted molar refractivity (Wildman–Crippen MR) is 77.2 cm³/mol. The van der Waals surface area contributed by atoms with Gasteiger partial charge in [-0.25, -0.2) is 4.98 Å². The number of hydrogen-bond donors (Lipinski definition) is 2. The predicted octanol–water partition coefficient (Wildman–Crippen LogP) is 2.40. The second kappa shape index (κ2) is 5.65. The highest BCUT2D eigenvalue weighted by Crippen LogP contribution is 2.30. The summed E-state index contributed by atoms with van der Waals surface area (Å²) in [6.07, 6.45) is 3.80. The number of aromatic nitrogens is 2. The lowest BCUT2D eigenvalue weighted by atomic mass is 10.2. The summed E-state index contributed by atoms with van der Waals surface area (Å²) in [6, 6.07) is 5.74. The number of nitrogens with zero attached hydrogens (tertiary/aromatic N) is 2. The van der Waals surface area contributed by atoms with Crippen LogP contribution in [0.4, 0.5) is 11.4 Å². The quantitative estimate of drug-likeness (QED) is 0.810. The minimum absolute atomic E-state index is 0.104. The first-order valence-corrected chi connectivity index (χ1v) is 6.33. The molecule has 5 nitrogen and oxygen atoms in total. The first-order chi connectivity index (χ1) is 9.08. The van der Waals surface area contributed by atoms with Crippen LogP contribution in [-0.2, 0) is 13.6 Å². The second-order valence-corrected chi connectivity index (χ2v) is 4.69. The molecule has 19 heavy (non-hydrogen) atoms. The molecule has 5 heteroatoms. The summed E-state index contributed by atoms with van der Waals surface area (Å²) < 4.78 is 7.63. The number of benzene rings is 1. The number of anilines is 2. The van der Waals surface area contributed by atoms with Crippen LogP contribution < -0.4 is 15.8 Å². The van der Waals surface area contributed by atoms with Gasteiger partial charge in [0, 0.05) is 19.4 Å². The molecule has 2 aromatic rings. The zero-order valence-corrected chi connectivity index (χ0v) is 11.6. The van der Waals surface area contributed by atoms with E-state index >= 15 is 0 Å². The molecule has 0 saturated carbocycles. The van der Waals surface area contributed by atoms with Crippen LogP contribution in [0.5, 0.6) is 5.75 Å². The Morgan fingerprint density at radius 2 is 2.21 bits per heavy atom. The largest absolute Gasteiger partial charge is 0.489 e. The van der Waals surface area contributed by atoms with Crippen LogP contribution in [-0.4, -0.2) is 15.7 Å². The summed E-state index contributed by atoms with van der Waals surface area (Å²) in [5.74, 6) is 1.66. The second-order valence-electron chi connectivity index (χ2n) is 4.69. The lowest BCUT2D eigenvalue weighted by Gasteiger charge is -2.15. The van der Waals surface area contributed by atoms with E-state index in [0.717, 1.165) is 11.5 Å². The van der Waals surface area contributed by atoms with E-state index in [1.807, 2.05) is 49.9 Å². The van der Waals surface area contributed by atoms with Gasteiger partial charge in [0.05, 0.1) is 24.0 Å². The van der Waals surface area contributed by atoms with Crippen molar-refractivity contribution >= 4 is 11.4 Å². The molecule has 0 unspecified atom stereocenters. The minimum Gasteiger partial charge on any atom is -0.489 e. The molecular formula is C14H20N4O. The van der Waals surface area contributed by atoms with Gasteiger partial charge in [-0.2, -0.15) is 0 Å². The van der Waals surface area contributed by atoms with Crippen LogP contribution in [0, 0.1) is 0 Å². The Balaban J connectivity index is 2.10. The average molecular weight is 260 g/mol. The van der Waals surface area contributed by atoms with Crippen LogP contribution in [0.1, 0.15) is 19.7 Å². The van der Waals surface area contributed by atoms with E-state index in [9.17, 15) is 0 Å². The van der Waals surface area contributed by atoms with Crippen molar-refractivity contribution in [1.29, 1.82) is 0 Å². The maximum atomic E-state index is 6.09. The fourth-order valence-corrected chi connectivity index (χ4v) is 1.80. The van der Waals surface area contributed by atoms with E-state index in [0.29, 0.717) is 18.0 Å². The Labute approximate surface area is 113 Å². The van der Waals surface area contributed by atoms with Crippen LogP contribution in [0.15, 0.2) is 30.6 Å². The van der Waals surface area contributed by atoms with Gasteiger partial charge >= 0.3 is 0 Å². The lowest BCUT2D eigenvalue weighted by Crippen LogP contribution is -2.10. The number of nitrogens with two attached hydrogens (primary N) is 1. The topological polar surface area (TPSA) is 65.1 Å². The van der Waals surface area contributed by atoms with E-state index in [1.165, 1.54) is 0 Å². The van der Waals surface area contributed by atoms with Crippen LogP contribution in [0.2, 0.25) is 0 Å². The molecule has 0 saturated heterocycles. The molecule has 2 rings (SSSR count). The SMILES string of the molecule is CC(C)Oc1cccc(NCc2nccn2C)c1N. The first kappa shape index (κ1) is 13.3. The number of nitrogen functional groups attached to an aromatic ring is 1. The fraction of sp³-hybridized carbons (Fsp3) is 0.357. The molecule has 0 fully saturated rings. The van der Waals surface area contributed by atoms with Gasteiger partial charge in [0.25, 0.3) is 0 Å². The van der Waals surface area contributed by atoms with E-state index < -0.39 is 0 Å². The first-order valence-electron chi connectivity index (χ1n) is 6.33. The Morgan fingerprint density at radius 3 is 2.84 bits per heavy atom. The highest BCUT2D eigenvalue weighted by Gasteiger charge is 2.08. The Kier molecular flexibility index (Phi) is 3.94. The number of ether oxygens (including phenoxy) is 1. The van der Waals surface area contributed by atoms with Crippen molar-refractivity contribution in [3.05, 3.63) is 36.4 Å². The smallest absolute Gasteiger partial charge is 0.144 e. The normalized spacial score (nSPS) is 10.7. The lowest BCUT2D eigenvalue weighted by molar-refractivity contribution is 0.244. The molecule has 0 amide bonds. The molecule has 0 radical (unpaired) electrons. The van der Waals surface area contributed by atoms with Gasteiger partial charge in [-0.15, -0.1) is 0 Å². The number of hydrogen-bond acceptors (Lipinski definition) is 4. The number of para-hydroxylation sites is 1. The van der Waals surface area contributed by atoms with Crippen molar-refractivity contribution in [1.82, 2.24) is 9.55 Å². The third-order valence-corrected chi connectivity index (χ3v) is 2.79. The third-order valence-electron chi connectivity index (χ3n) is 2.79. The highest BCUT2D eigenvalue weighted by atomic mass is 16.5. The monoisotopic (exact) mass is 260 g/mol. The van der Waals surface area contributed by atoms with Crippen molar-refractivity contribution in [2.75, 3.05) is 11.1 Å². The standard InChI is InChI=1S/C14H20N4O/c1-10(2)19-12-6-4-5-11(14(12)15)17-9-13-16-7-8-18(13)3/h4-8,10,17H,9,15H2,1-3H3. The summed E-state index contributed by atoms with van der Waals surface area (Å²) in [6.45, 7) is 4.58. The highest BCUT2D eigenvalue weighted by molar-refractivity contribution is 5.72. The van der Waals surface area contributed by atoms with Crippen molar-refractivity contribution in [2.45, 2.75) is 26.5 Å². The van der Waals surface area contributed by atoms with Crippen LogP contribution in [0.25, 0.3) is 0 Å². The van der Waals surface area contributed by atoms with E-state index in [4.69, 9.17) is 10.5 Å². The zero-order valence-electron chi connectivity index (χ0n) is 11.6. The maximum absolute atomic E-state index is 6.09. The van der Waals surface area contributed by atoms with Crippen LogP contribution in [0.3, 0.4) is 0 Å². The molecule has 0 aliphatic heterocycles. The molecule has 1 aromatic carbocycles. The van der Waals surface area contributed by atoms with Crippen molar-refractivity contribution in [3.63, 3.8) is 0 Å². The molecule has 1 heterocycles. The van der Waals surface area contributed by atoms with Crippen molar-refractivity contribution < 1.29 is 4.74 Å². The van der Waals surface area contributed by atoms with Crippen LogP contribution >= 0.6 is 0 Å². The number of nitrogens with one attached hydrogen (secondary N) is 1. The molecule has 1 aromatic heterocycles. The summed E-state index contributed by atoms with van der Waals surface area (Å²) in [7, 11) is 1.96. The molecular weight excluding hydrogens is 240 g/mol. The Morgan fingerprint density at radius 1 is 1.42 bits per heavy atom. The number of imidazole rings is 1. The fourth-order valence-electron chi connectivity index (χ4n) is 1.80. The van der Waals surface area contributed by atoms with Gasteiger partial charge in [0.15, 0.2) is 0 Å². The van der Waals surface area contributed by atoms with Gasteiger partial charge in [0.1, 0.15) is 11.6 Å². The number of rotatable bonds is 5. The van der Waals surface area contributed by atoms with Gasteiger partial charge in [-0.05, 0) is 26.0 Å². The maximum Gasteiger partial charge on any atom is 0.144 e. The van der Waals surface area contributed by atoms with Gasteiger partial charge < -0.3 is 20.4 Å². The van der Waals surface area contributed by atoms with Crippen molar-refractivity contribution in [2.24, 2.45) is 7.05 Å². The molecule has 3 N–H and O–H groups in total.